The van der Waals surface area contributed by atoms with Gasteiger partial charge in [0.1, 0.15) is 0 Å². The standard InChI is InChI=1S/C17H21N3O3S/c1-19(24(2,22)23)14-8-11-20(12-9-14)17(21)15-7-3-5-13-6-4-10-18-16(13)15/h3-7,10,14H,8-9,11-12H2,1-2H3. The van der Waals surface area contributed by atoms with Gasteiger partial charge in [-0.25, -0.2) is 12.7 Å². The minimum Gasteiger partial charge on any atom is -0.338 e. The molecule has 1 aliphatic heterocycles. The maximum atomic E-state index is 12.8. The number of amides is 1. The highest BCUT2D eigenvalue weighted by Crippen LogP contribution is 2.22. The Hall–Kier alpha value is -1.99. The van der Waals surface area contributed by atoms with Gasteiger partial charge in [0.15, 0.2) is 0 Å². The normalized spacial score (nSPS) is 16.7. The maximum absolute atomic E-state index is 12.8. The molecule has 0 aliphatic carbocycles. The first-order valence-corrected chi connectivity index (χ1v) is 9.79. The summed E-state index contributed by atoms with van der Waals surface area (Å²) in [5, 5.41) is 0.940. The van der Waals surface area contributed by atoms with Crippen LogP contribution in [0, 0.1) is 0 Å². The fraction of sp³-hybridized carbons (Fsp3) is 0.412. The van der Waals surface area contributed by atoms with Crippen molar-refractivity contribution in [2.75, 3.05) is 26.4 Å². The van der Waals surface area contributed by atoms with E-state index in [1.807, 2.05) is 24.3 Å². The number of fused-ring (bicyclic) bond motifs is 1. The highest BCUT2D eigenvalue weighted by Gasteiger charge is 2.29. The largest absolute Gasteiger partial charge is 0.338 e. The van der Waals surface area contributed by atoms with Crippen molar-refractivity contribution in [3.63, 3.8) is 0 Å². The molecule has 1 amide bonds. The van der Waals surface area contributed by atoms with E-state index < -0.39 is 10.0 Å². The molecule has 0 spiro atoms. The van der Waals surface area contributed by atoms with Gasteiger partial charge in [-0.1, -0.05) is 18.2 Å². The number of benzene rings is 1. The number of pyridine rings is 1. The molecule has 1 fully saturated rings. The number of nitrogens with zero attached hydrogens (tertiary/aromatic N) is 3. The fourth-order valence-electron chi connectivity index (χ4n) is 3.15. The smallest absolute Gasteiger partial charge is 0.256 e. The van der Waals surface area contributed by atoms with E-state index in [-0.39, 0.29) is 11.9 Å². The molecular weight excluding hydrogens is 326 g/mol. The summed E-state index contributed by atoms with van der Waals surface area (Å²) >= 11 is 0. The molecule has 6 nitrogen and oxygen atoms in total. The summed E-state index contributed by atoms with van der Waals surface area (Å²) in [5.74, 6) is -0.0419. The third-order valence-corrected chi connectivity index (χ3v) is 6.00. The van der Waals surface area contributed by atoms with E-state index >= 15 is 0 Å². The van der Waals surface area contributed by atoms with Gasteiger partial charge in [-0.15, -0.1) is 0 Å². The Morgan fingerprint density at radius 2 is 1.88 bits per heavy atom. The van der Waals surface area contributed by atoms with Crippen molar-refractivity contribution in [2.24, 2.45) is 0 Å². The van der Waals surface area contributed by atoms with Gasteiger partial charge in [-0.2, -0.15) is 0 Å². The molecule has 0 unspecified atom stereocenters. The Morgan fingerprint density at radius 3 is 2.54 bits per heavy atom. The molecule has 128 valence electrons. The van der Waals surface area contributed by atoms with E-state index in [2.05, 4.69) is 4.98 Å². The van der Waals surface area contributed by atoms with Crippen LogP contribution in [0.1, 0.15) is 23.2 Å². The van der Waals surface area contributed by atoms with Gasteiger partial charge in [-0.05, 0) is 25.0 Å². The Balaban J connectivity index is 1.76. The number of carbonyl (C=O) groups is 1. The number of piperidine rings is 1. The molecule has 1 aromatic heterocycles. The molecular formula is C17H21N3O3S. The molecule has 0 saturated carbocycles. The van der Waals surface area contributed by atoms with Crippen LogP contribution in [-0.2, 0) is 10.0 Å². The number of sulfonamides is 1. The number of aromatic nitrogens is 1. The summed E-state index contributed by atoms with van der Waals surface area (Å²) in [4.78, 5) is 19.0. The molecule has 1 aliphatic rings. The number of rotatable bonds is 3. The zero-order valence-corrected chi connectivity index (χ0v) is 14.7. The molecule has 0 N–H and O–H groups in total. The van der Waals surface area contributed by atoms with Crippen molar-refractivity contribution in [1.29, 1.82) is 0 Å². The summed E-state index contributed by atoms with van der Waals surface area (Å²) in [5.41, 5.74) is 1.31. The van der Waals surface area contributed by atoms with Gasteiger partial charge in [0.05, 0.1) is 17.3 Å². The van der Waals surface area contributed by atoms with E-state index in [0.29, 0.717) is 37.0 Å². The lowest BCUT2D eigenvalue weighted by Gasteiger charge is -2.35. The van der Waals surface area contributed by atoms with E-state index in [0.717, 1.165) is 5.39 Å². The second kappa shape index (κ2) is 6.49. The van der Waals surface area contributed by atoms with Gasteiger partial charge in [0, 0.05) is 37.8 Å². The quantitative estimate of drug-likeness (QED) is 0.848. The number of carbonyl (C=O) groups excluding carboxylic acids is 1. The Morgan fingerprint density at radius 1 is 1.21 bits per heavy atom. The van der Waals surface area contributed by atoms with Crippen LogP contribution in [0.5, 0.6) is 0 Å². The predicted octanol–water partition coefficient (Wildman–Crippen LogP) is 1.73. The minimum absolute atomic E-state index is 0.0419. The lowest BCUT2D eigenvalue weighted by atomic mass is 10.0. The first-order chi connectivity index (χ1) is 11.4. The van der Waals surface area contributed by atoms with Crippen LogP contribution in [0.3, 0.4) is 0 Å². The van der Waals surface area contributed by atoms with Crippen LogP contribution >= 0.6 is 0 Å². The highest BCUT2D eigenvalue weighted by molar-refractivity contribution is 7.88. The third-order valence-electron chi connectivity index (χ3n) is 4.65. The number of hydrogen-bond donors (Lipinski definition) is 0. The van der Waals surface area contributed by atoms with Gasteiger partial charge >= 0.3 is 0 Å². The molecule has 2 heterocycles. The van der Waals surface area contributed by atoms with Crippen molar-refractivity contribution in [3.8, 4) is 0 Å². The second-order valence-electron chi connectivity index (χ2n) is 6.18. The molecule has 3 rings (SSSR count). The maximum Gasteiger partial charge on any atom is 0.256 e. The Labute approximate surface area is 142 Å². The molecule has 7 heteroatoms. The predicted molar refractivity (Wildman–Crippen MR) is 93.3 cm³/mol. The number of hydrogen-bond acceptors (Lipinski definition) is 4. The van der Waals surface area contributed by atoms with Crippen LogP contribution < -0.4 is 0 Å². The van der Waals surface area contributed by atoms with Crippen LogP contribution in [-0.4, -0.2) is 60.9 Å². The lowest BCUT2D eigenvalue weighted by Crippen LogP contribution is -2.47. The molecule has 24 heavy (non-hydrogen) atoms. The van der Waals surface area contributed by atoms with E-state index in [9.17, 15) is 13.2 Å². The summed E-state index contributed by atoms with van der Waals surface area (Å²) in [6.07, 6.45) is 4.19. The molecule has 0 bridgehead atoms. The van der Waals surface area contributed by atoms with Crippen molar-refractivity contribution < 1.29 is 13.2 Å². The van der Waals surface area contributed by atoms with Crippen LogP contribution in [0.4, 0.5) is 0 Å². The van der Waals surface area contributed by atoms with E-state index in [1.165, 1.54) is 10.6 Å². The monoisotopic (exact) mass is 347 g/mol. The van der Waals surface area contributed by atoms with Crippen LogP contribution in [0.15, 0.2) is 36.5 Å². The molecule has 2 aromatic rings. The first-order valence-electron chi connectivity index (χ1n) is 7.94. The zero-order chi connectivity index (χ0) is 17.3. The lowest BCUT2D eigenvalue weighted by molar-refractivity contribution is 0.0688. The molecule has 1 saturated heterocycles. The fourth-order valence-corrected chi connectivity index (χ4v) is 3.90. The minimum atomic E-state index is -3.20. The second-order valence-corrected chi connectivity index (χ2v) is 8.23. The highest BCUT2D eigenvalue weighted by atomic mass is 32.2. The molecule has 1 aromatic carbocycles. The van der Waals surface area contributed by atoms with Gasteiger partial charge in [-0.3, -0.25) is 9.78 Å². The van der Waals surface area contributed by atoms with Crippen molar-refractivity contribution in [3.05, 3.63) is 42.1 Å². The third kappa shape index (κ3) is 3.27. The zero-order valence-electron chi connectivity index (χ0n) is 13.8. The summed E-state index contributed by atoms with van der Waals surface area (Å²) < 4.78 is 24.7. The first kappa shape index (κ1) is 16.9. The topological polar surface area (TPSA) is 70.6 Å². The van der Waals surface area contributed by atoms with Crippen molar-refractivity contribution in [1.82, 2.24) is 14.2 Å². The number of likely N-dealkylation sites (tertiary alicyclic amines) is 1. The van der Waals surface area contributed by atoms with Crippen LogP contribution in [0.2, 0.25) is 0 Å². The SMILES string of the molecule is CN(C1CCN(C(=O)c2cccc3cccnc23)CC1)S(C)(=O)=O. The van der Waals surface area contributed by atoms with Crippen molar-refractivity contribution in [2.45, 2.75) is 18.9 Å². The van der Waals surface area contributed by atoms with Crippen molar-refractivity contribution >= 4 is 26.8 Å². The van der Waals surface area contributed by atoms with Gasteiger partial charge < -0.3 is 4.90 Å². The summed E-state index contributed by atoms with van der Waals surface area (Å²) in [6, 6.07) is 9.34. The molecule has 0 radical (unpaired) electrons. The Bertz CT molecular complexity index is 853. The molecule has 0 atom stereocenters. The average molecular weight is 347 g/mol. The van der Waals surface area contributed by atoms with Gasteiger partial charge in [0.2, 0.25) is 10.0 Å². The average Bonchev–Trinajstić information content (AvgIpc) is 2.59. The summed E-state index contributed by atoms with van der Waals surface area (Å²) in [6.45, 7) is 1.10. The summed E-state index contributed by atoms with van der Waals surface area (Å²) in [7, 11) is -1.60. The van der Waals surface area contributed by atoms with E-state index in [4.69, 9.17) is 0 Å². The number of para-hydroxylation sites is 1. The Kier molecular flexibility index (Phi) is 4.56. The van der Waals surface area contributed by atoms with E-state index in [1.54, 1.807) is 24.2 Å². The van der Waals surface area contributed by atoms with Gasteiger partial charge in [0.25, 0.3) is 5.91 Å². The van der Waals surface area contributed by atoms with Crippen LogP contribution in [0.25, 0.3) is 10.9 Å².